The number of benzene rings is 1. The van der Waals surface area contributed by atoms with E-state index in [1.54, 1.807) is 19.9 Å². The van der Waals surface area contributed by atoms with E-state index >= 15 is 0 Å². The number of ether oxygens (including phenoxy) is 1. The van der Waals surface area contributed by atoms with E-state index in [-0.39, 0.29) is 23.8 Å². The summed E-state index contributed by atoms with van der Waals surface area (Å²) in [6.45, 7) is 3.64. The number of halogens is 3. The van der Waals surface area contributed by atoms with Crippen LogP contribution < -0.4 is 14.4 Å². The van der Waals surface area contributed by atoms with E-state index in [9.17, 15) is 26.8 Å². The molecule has 0 saturated heterocycles. The maximum atomic E-state index is 12.9. The summed E-state index contributed by atoms with van der Waals surface area (Å²) >= 11 is 0. The molecule has 2 aromatic rings. The minimum absolute atomic E-state index is 0.0745. The van der Waals surface area contributed by atoms with Gasteiger partial charge in [0.1, 0.15) is 12.1 Å². The second kappa shape index (κ2) is 5.76. The van der Waals surface area contributed by atoms with Crippen LogP contribution >= 0.6 is 0 Å². The van der Waals surface area contributed by atoms with Crippen molar-refractivity contribution in [3.8, 4) is 5.75 Å². The first-order chi connectivity index (χ1) is 11.9. The molecule has 140 valence electrons. The number of hydrogen-bond donors (Lipinski definition) is 0. The smallest absolute Gasteiger partial charge is 0.501 e. The number of sulfone groups is 1. The third kappa shape index (κ3) is 3.05. The molecule has 2 heterocycles. The molecule has 0 atom stereocenters. The van der Waals surface area contributed by atoms with Gasteiger partial charge < -0.3 is 9.94 Å². The van der Waals surface area contributed by atoms with Crippen molar-refractivity contribution in [2.75, 3.05) is 11.4 Å². The Bertz CT molecular complexity index is 958. The first kappa shape index (κ1) is 18.3. The highest BCUT2D eigenvalue weighted by atomic mass is 32.2. The van der Waals surface area contributed by atoms with Crippen molar-refractivity contribution in [2.24, 2.45) is 0 Å². The van der Waals surface area contributed by atoms with Crippen LogP contribution in [-0.2, 0) is 9.84 Å². The Hall–Kier alpha value is -2.49. The molecule has 3 rings (SSSR count). The zero-order valence-corrected chi connectivity index (χ0v) is 14.6. The monoisotopic (exact) mass is 388 g/mol. The van der Waals surface area contributed by atoms with Gasteiger partial charge in [0, 0.05) is 12.1 Å². The molecular formula is C16H15F3N2O4S. The topological polar surface area (TPSA) is 73.5 Å². The molecule has 6 nitrogen and oxygen atoms in total. The van der Waals surface area contributed by atoms with Crippen molar-refractivity contribution < 1.29 is 31.1 Å². The minimum Gasteiger partial charge on any atom is -0.711 e. The average molecular weight is 388 g/mol. The number of aromatic nitrogens is 1. The number of anilines is 2. The van der Waals surface area contributed by atoms with Crippen molar-refractivity contribution in [1.82, 2.24) is 0 Å². The van der Waals surface area contributed by atoms with E-state index in [0.29, 0.717) is 4.73 Å². The molecule has 1 aromatic heterocycles. The summed E-state index contributed by atoms with van der Waals surface area (Å²) in [5.41, 5.74) is -6.10. The highest BCUT2D eigenvalue weighted by Crippen LogP contribution is 2.43. The molecule has 26 heavy (non-hydrogen) atoms. The van der Waals surface area contributed by atoms with Crippen LogP contribution in [0.25, 0.3) is 0 Å². The zero-order valence-electron chi connectivity index (χ0n) is 13.8. The van der Waals surface area contributed by atoms with Gasteiger partial charge >= 0.3 is 5.51 Å². The minimum atomic E-state index is -5.52. The van der Waals surface area contributed by atoms with Gasteiger partial charge in [-0.3, -0.25) is 0 Å². The van der Waals surface area contributed by atoms with Gasteiger partial charge in [-0.1, -0.05) is 6.07 Å². The van der Waals surface area contributed by atoms with Crippen molar-refractivity contribution in [1.29, 1.82) is 0 Å². The quantitative estimate of drug-likeness (QED) is 0.584. The SMILES string of the molecule is CC1(C)CN(c2cccc[n+]2[O-])c2cc(S(=O)(=O)C(F)(F)F)ccc2O1. The summed E-state index contributed by atoms with van der Waals surface area (Å²) < 4.78 is 68.4. The van der Waals surface area contributed by atoms with E-state index in [4.69, 9.17) is 4.74 Å². The molecule has 1 aliphatic rings. The second-order valence-corrected chi connectivity index (χ2v) is 8.35. The summed E-state index contributed by atoms with van der Waals surface area (Å²) in [5.74, 6) is 0.331. The molecule has 0 bridgehead atoms. The van der Waals surface area contributed by atoms with Gasteiger partial charge in [-0.05, 0) is 32.0 Å². The van der Waals surface area contributed by atoms with E-state index in [1.165, 1.54) is 29.3 Å². The number of pyridine rings is 1. The van der Waals surface area contributed by atoms with Crippen molar-refractivity contribution >= 4 is 21.3 Å². The fourth-order valence-corrected chi connectivity index (χ4v) is 3.51. The fraction of sp³-hybridized carbons (Fsp3) is 0.312. The number of rotatable bonds is 2. The Morgan fingerprint density at radius 1 is 1.23 bits per heavy atom. The summed E-state index contributed by atoms with van der Waals surface area (Å²) in [4.78, 5) is 0.534. The number of alkyl halides is 3. The van der Waals surface area contributed by atoms with Gasteiger partial charge in [0.2, 0.25) is 0 Å². The first-order valence-electron chi connectivity index (χ1n) is 7.52. The van der Waals surface area contributed by atoms with Crippen LogP contribution in [0.1, 0.15) is 13.8 Å². The lowest BCUT2D eigenvalue weighted by molar-refractivity contribution is -0.592. The average Bonchev–Trinajstić information content (AvgIpc) is 2.52. The van der Waals surface area contributed by atoms with Gasteiger partial charge in [0.05, 0.1) is 11.1 Å². The van der Waals surface area contributed by atoms with Crippen LogP contribution in [-0.4, -0.2) is 26.1 Å². The predicted molar refractivity (Wildman–Crippen MR) is 86.8 cm³/mol. The van der Waals surface area contributed by atoms with E-state index in [2.05, 4.69) is 0 Å². The van der Waals surface area contributed by atoms with E-state index in [1.807, 2.05) is 0 Å². The lowest BCUT2D eigenvalue weighted by Gasteiger charge is -2.36. The van der Waals surface area contributed by atoms with E-state index < -0.39 is 25.8 Å². The Morgan fingerprint density at radius 3 is 2.54 bits per heavy atom. The van der Waals surface area contributed by atoms with Crippen LogP contribution in [0.3, 0.4) is 0 Å². The second-order valence-electron chi connectivity index (χ2n) is 6.41. The maximum absolute atomic E-state index is 12.9. The largest absolute Gasteiger partial charge is 0.711 e. The van der Waals surface area contributed by atoms with Gasteiger partial charge in [0.25, 0.3) is 15.7 Å². The Kier molecular flexibility index (Phi) is 4.06. The highest BCUT2D eigenvalue weighted by molar-refractivity contribution is 7.92. The number of hydrogen-bond acceptors (Lipinski definition) is 5. The molecular weight excluding hydrogens is 373 g/mol. The van der Waals surface area contributed by atoms with Crippen LogP contribution in [0.2, 0.25) is 0 Å². The number of nitrogens with zero attached hydrogens (tertiary/aromatic N) is 2. The standard InChI is InChI=1S/C16H15F3N2O4S/c1-15(2)10-20(14-5-3-4-8-21(14)22)12-9-11(6-7-13(12)25-15)26(23,24)16(17,18)19/h3-9H,10H2,1-2H3. The van der Waals surface area contributed by atoms with Crippen molar-refractivity contribution in [3.63, 3.8) is 0 Å². The summed E-state index contributed by atoms with van der Waals surface area (Å²) in [6.07, 6.45) is 1.24. The molecule has 10 heteroatoms. The summed E-state index contributed by atoms with van der Waals surface area (Å²) in [7, 11) is -5.52. The lowest BCUT2D eigenvalue weighted by Crippen LogP contribution is -2.48. The highest BCUT2D eigenvalue weighted by Gasteiger charge is 2.48. The van der Waals surface area contributed by atoms with Gasteiger partial charge in [0.15, 0.2) is 11.4 Å². The molecule has 1 aliphatic heterocycles. The third-order valence-electron chi connectivity index (χ3n) is 3.84. The molecule has 0 fully saturated rings. The number of fused-ring (bicyclic) bond motifs is 1. The van der Waals surface area contributed by atoms with Gasteiger partial charge in [-0.25, -0.2) is 18.0 Å². The van der Waals surface area contributed by atoms with Crippen molar-refractivity contribution in [2.45, 2.75) is 29.9 Å². The molecule has 0 unspecified atom stereocenters. The molecule has 0 spiro atoms. The predicted octanol–water partition coefficient (Wildman–Crippen LogP) is 2.92. The zero-order chi connectivity index (χ0) is 19.3. The van der Waals surface area contributed by atoms with Crippen molar-refractivity contribution in [3.05, 3.63) is 47.8 Å². The van der Waals surface area contributed by atoms with Crippen LogP contribution in [0.4, 0.5) is 24.7 Å². The molecule has 0 radical (unpaired) electrons. The summed E-state index contributed by atoms with van der Waals surface area (Å²) in [5, 5.41) is 12.1. The van der Waals surface area contributed by atoms with Crippen LogP contribution in [0.15, 0.2) is 47.5 Å². The maximum Gasteiger partial charge on any atom is 0.501 e. The molecule has 0 saturated carbocycles. The van der Waals surface area contributed by atoms with Gasteiger partial charge in [-0.15, -0.1) is 0 Å². The van der Waals surface area contributed by atoms with Gasteiger partial charge in [-0.2, -0.15) is 13.2 Å². The van der Waals surface area contributed by atoms with Crippen LogP contribution in [0.5, 0.6) is 5.75 Å². The molecule has 0 aliphatic carbocycles. The Balaban J connectivity index is 2.20. The first-order valence-corrected chi connectivity index (χ1v) is 9.01. The van der Waals surface area contributed by atoms with E-state index in [0.717, 1.165) is 12.1 Å². The normalized spacial score (nSPS) is 16.7. The third-order valence-corrected chi connectivity index (χ3v) is 5.33. The lowest BCUT2D eigenvalue weighted by atomic mass is 10.1. The fourth-order valence-electron chi connectivity index (χ4n) is 2.72. The summed E-state index contributed by atoms with van der Waals surface area (Å²) in [6, 6.07) is 7.48. The molecule has 0 amide bonds. The molecule has 1 aromatic carbocycles. The Labute approximate surface area is 147 Å². The molecule has 0 N–H and O–H groups in total. The Morgan fingerprint density at radius 2 is 1.92 bits per heavy atom. The van der Waals surface area contributed by atoms with Crippen LogP contribution in [0, 0.1) is 5.21 Å².